The van der Waals surface area contributed by atoms with Crippen molar-refractivity contribution in [2.45, 2.75) is 0 Å². The third-order valence-corrected chi connectivity index (χ3v) is 3.71. The van der Waals surface area contributed by atoms with E-state index in [0.29, 0.717) is 0 Å². The third-order valence-electron chi connectivity index (χ3n) is 2.38. The van der Waals surface area contributed by atoms with Crippen LogP contribution in [0.1, 0.15) is 0 Å². The van der Waals surface area contributed by atoms with Crippen molar-refractivity contribution in [3.8, 4) is 0 Å². The summed E-state index contributed by atoms with van der Waals surface area (Å²) in [4.78, 5) is 3.25. The molecule has 0 atom stereocenters. The van der Waals surface area contributed by atoms with E-state index < -0.39 is 0 Å². The van der Waals surface area contributed by atoms with Crippen molar-refractivity contribution < 1.29 is 20.0 Å². The minimum Gasteiger partial charge on any atom is -0.0312 e. The van der Waals surface area contributed by atoms with Crippen LogP contribution in [0.15, 0.2) is 30.3 Å². The first-order chi connectivity index (χ1) is 10.3. The molecule has 0 saturated heterocycles. The van der Waals surface area contributed by atoms with Crippen LogP contribution in [0.5, 0.6) is 0 Å². The molecule has 0 bridgehead atoms. The largest absolute Gasteiger partial charge is 0.0312 e. The summed E-state index contributed by atoms with van der Waals surface area (Å²) in [5.41, 5.74) is 0. The van der Waals surface area contributed by atoms with Crippen molar-refractivity contribution in [3.05, 3.63) is 94.5 Å². The number of hydrogen-bond acceptors (Lipinski definition) is 0. The second-order valence-corrected chi connectivity index (χ2v) is 6.46. The van der Waals surface area contributed by atoms with Gasteiger partial charge in [0.2, 0.25) is 0 Å². The normalized spacial score (nSPS) is 15.9. The van der Waals surface area contributed by atoms with E-state index in [1.54, 1.807) is 20.0 Å². The molecule has 0 unspecified atom stereocenters. The van der Waals surface area contributed by atoms with E-state index >= 15 is 0 Å². The number of benzene rings is 1. The maximum atomic E-state index is 3.25. The van der Waals surface area contributed by atoms with Gasteiger partial charge in [0, 0.05) is 0 Å². The Balaban J connectivity index is 0.000000286. The summed E-state index contributed by atoms with van der Waals surface area (Å²) in [7, 11) is 0.104. The van der Waals surface area contributed by atoms with Crippen LogP contribution in [0.2, 0.25) is 0 Å². The van der Waals surface area contributed by atoms with Crippen LogP contribution in [0.4, 0.5) is 0 Å². The monoisotopic (exact) mass is 330 g/mol. The molecule has 0 nitrogen and oxygen atoms in total. The zero-order chi connectivity index (χ0) is 15.8. The summed E-state index contributed by atoms with van der Waals surface area (Å²) < 4.78 is 0. The average molecular weight is 330 g/mol. The Bertz CT molecular complexity index is 277. The van der Waals surface area contributed by atoms with E-state index in [9.17, 15) is 0 Å². The van der Waals surface area contributed by atoms with E-state index in [2.05, 4.69) is 48.5 Å². The molecular formula is C19H23PTi. The molecule has 2 heteroatoms. The van der Waals surface area contributed by atoms with Crippen LogP contribution in [-0.2, 0) is 20.0 Å². The molecule has 2 fully saturated rings. The van der Waals surface area contributed by atoms with Crippen LogP contribution in [0.25, 0.3) is 0 Å². The van der Waals surface area contributed by atoms with Gasteiger partial charge in [0.25, 0.3) is 0 Å². The molecule has 10 radical (unpaired) electrons. The summed E-state index contributed by atoms with van der Waals surface area (Å²) >= 11 is 1.75. The van der Waals surface area contributed by atoms with Crippen molar-refractivity contribution in [2.75, 3.05) is 13.3 Å². The molecule has 1 aromatic carbocycles. The van der Waals surface area contributed by atoms with Gasteiger partial charge in [-0.15, -0.1) is 0 Å². The van der Waals surface area contributed by atoms with Crippen LogP contribution in [0.3, 0.4) is 0 Å². The first-order valence-corrected chi connectivity index (χ1v) is 10.1. The van der Waals surface area contributed by atoms with Gasteiger partial charge in [0.1, 0.15) is 0 Å². The molecule has 0 spiro atoms. The van der Waals surface area contributed by atoms with Gasteiger partial charge in [-0.05, 0) is 82.8 Å². The van der Waals surface area contributed by atoms with E-state index in [0.717, 1.165) is 0 Å². The molecule has 0 amide bonds. The third kappa shape index (κ3) is 13.6. The van der Waals surface area contributed by atoms with E-state index in [1.807, 2.05) is 64.2 Å². The minimum atomic E-state index is 0.104. The molecule has 3 rings (SSSR count). The molecule has 21 heavy (non-hydrogen) atoms. The maximum Gasteiger partial charge on any atom is -0.0312 e. The molecule has 108 valence electrons. The van der Waals surface area contributed by atoms with Gasteiger partial charge in [-0.1, -0.05) is 38.3 Å². The SMILES string of the molecule is CP(C)c1ccccc1.[CH2]=[Ti].[CH]1[CH][CH][CH][CH]1.[CH]1[CH][CH][CH][CH]1. The Morgan fingerprint density at radius 3 is 1.10 bits per heavy atom. The van der Waals surface area contributed by atoms with Gasteiger partial charge in [0.05, 0.1) is 0 Å². The standard InChI is InChI=1S/C8H11P.2C5H5.CH2.Ti/c1-9(2)8-6-4-3-5-7-8;2*1-2-4-5-3-1;;/h3-7H,1-2H3;2*1-5H;1H2;. The Morgan fingerprint density at radius 2 is 0.905 bits per heavy atom. The van der Waals surface area contributed by atoms with Crippen molar-refractivity contribution >= 4 is 18.0 Å². The van der Waals surface area contributed by atoms with Crippen LogP contribution in [0, 0.1) is 64.2 Å². The molecule has 0 aromatic heterocycles. The molecule has 0 heterocycles. The Morgan fingerprint density at radius 1 is 0.619 bits per heavy atom. The zero-order valence-electron chi connectivity index (χ0n) is 12.8. The van der Waals surface area contributed by atoms with Crippen molar-refractivity contribution in [3.63, 3.8) is 0 Å². The zero-order valence-corrected chi connectivity index (χ0v) is 15.3. The number of hydrogen-bond donors (Lipinski definition) is 0. The molecule has 1 aromatic rings. The summed E-state index contributed by atoms with van der Waals surface area (Å²) in [5.74, 6) is 0. The van der Waals surface area contributed by atoms with Gasteiger partial charge in [-0.3, -0.25) is 0 Å². The maximum absolute atomic E-state index is 3.25. The quantitative estimate of drug-likeness (QED) is 0.538. The van der Waals surface area contributed by atoms with Crippen LogP contribution < -0.4 is 5.30 Å². The predicted molar refractivity (Wildman–Crippen MR) is 95.0 cm³/mol. The molecule has 2 saturated carbocycles. The Kier molecular flexibility index (Phi) is 16.8. The molecule has 0 aliphatic heterocycles. The first-order valence-electron chi connectivity index (χ1n) is 6.72. The van der Waals surface area contributed by atoms with Gasteiger partial charge >= 0.3 is 24.8 Å². The molecule has 2 aliphatic carbocycles. The first kappa shape index (κ1) is 21.2. The summed E-state index contributed by atoms with van der Waals surface area (Å²) in [6.07, 6.45) is 20.0. The van der Waals surface area contributed by atoms with E-state index in [4.69, 9.17) is 0 Å². The van der Waals surface area contributed by atoms with Crippen LogP contribution >= 0.6 is 7.92 Å². The Hall–Kier alpha value is 0.234. The summed E-state index contributed by atoms with van der Waals surface area (Å²) in [6, 6.07) is 10.6. The van der Waals surface area contributed by atoms with Crippen molar-refractivity contribution in [2.24, 2.45) is 0 Å². The topological polar surface area (TPSA) is 0 Å². The van der Waals surface area contributed by atoms with Gasteiger partial charge in [-0.2, -0.15) is 0 Å². The van der Waals surface area contributed by atoms with Gasteiger partial charge < -0.3 is 0 Å². The molecular weight excluding hydrogens is 307 g/mol. The van der Waals surface area contributed by atoms with Crippen LogP contribution in [-0.4, -0.2) is 18.1 Å². The van der Waals surface area contributed by atoms with Crippen molar-refractivity contribution in [1.82, 2.24) is 0 Å². The van der Waals surface area contributed by atoms with E-state index in [1.165, 1.54) is 5.30 Å². The summed E-state index contributed by atoms with van der Waals surface area (Å²) in [6.45, 7) is 4.54. The smallest absolute Gasteiger partial charge is 0.0312 e. The second kappa shape index (κ2) is 16.6. The van der Waals surface area contributed by atoms with Gasteiger partial charge in [-0.25, -0.2) is 0 Å². The summed E-state index contributed by atoms with van der Waals surface area (Å²) in [5, 5.41) is 1.48. The minimum absolute atomic E-state index is 0.104. The van der Waals surface area contributed by atoms with Crippen molar-refractivity contribution in [1.29, 1.82) is 0 Å². The number of rotatable bonds is 1. The molecule has 2 aliphatic rings. The second-order valence-electron chi connectivity index (χ2n) is 4.15. The predicted octanol–water partition coefficient (Wildman–Crippen LogP) is 4.06. The molecule has 0 N–H and O–H groups in total. The van der Waals surface area contributed by atoms with E-state index in [-0.39, 0.29) is 7.92 Å². The fourth-order valence-electron chi connectivity index (χ4n) is 1.37. The van der Waals surface area contributed by atoms with Gasteiger partial charge in [0.15, 0.2) is 0 Å². The Labute approximate surface area is 145 Å². The average Bonchev–Trinajstić information content (AvgIpc) is 3.28. The fraction of sp³-hybridized carbons (Fsp3) is 0.105. The fourth-order valence-corrected chi connectivity index (χ4v) is 2.14.